The van der Waals surface area contributed by atoms with Crippen LogP contribution in [0.2, 0.25) is 0 Å². The first-order valence-corrected chi connectivity index (χ1v) is 7.23. The topological polar surface area (TPSA) is 37.8 Å². The molecule has 2 rings (SSSR count). The van der Waals surface area contributed by atoms with Gasteiger partial charge in [-0.1, -0.05) is 38.1 Å². The van der Waals surface area contributed by atoms with E-state index in [1.807, 2.05) is 20.0 Å². The highest BCUT2D eigenvalue weighted by Crippen LogP contribution is 2.23. The largest absolute Gasteiger partial charge is 0.313 e. The lowest BCUT2D eigenvalue weighted by Gasteiger charge is -2.10. The van der Waals surface area contributed by atoms with Gasteiger partial charge in [0.25, 0.3) is 0 Å². The Morgan fingerprint density at radius 2 is 1.85 bits per heavy atom. The predicted octanol–water partition coefficient (Wildman–Crippen LogP) is 3.68. The lowest BCUT2D eigenvalue weighted by atomic mass is 9.97. The van der Waals surface area contributed by atoms with E-state index < -0.39 is 0 Å². The zero-order valence-corrected chi connectivity index (χ0v) is 12.8. The van der Waals surface area contributed by atoms with Crippen LogP contribution in [0.25, 0.3) is 11.3 Å². The minimum atomic E-state index is 0.607. The maximum atomic E-state index is 4.61. The van der Waals surface area contributed by atoms with Gasteiger partial charge in [0, 0.05) is 11.3 Å². The Hall–Kier alpha value is -1.74. The summed E-state index contributed by atoms with van der Waals surface area (Å²) in [5.41, 5.74) is 4.54. The van der Waals surface area contributed by atoms with E-state index in [1.165, 1.54) is 5.56 Å². The Balaban J connectivity index is 2.31. The van der Waals surface area contributed by atoms with Crippen LogP contribution < -0.4 is 5.32 Å². The summed E-state index contributed by atoms with van der Waals surface area (Å²) in [6.45, 7) is 7.18. The normalized spacial score (nSPS) is 12.4. The van der Waals surface area contributed by atoms with Crippen molar-refractivity contribution in [2.45, 2.75) is 39.7 Å². The number of nitrogens with zero attached hydrogens (tertiary/aromatic N) is 2. The average molecular weight is 269 g/mol. The van der Waals surface area contributed by atoms with Crippen LogP contribution in [-0.4, -0.2) is 17.0 Å². The van der Waals surface area contributed by atoms with Crippen LogP contribution in [-0.2, 0) is 6.54 Å². The minimum Gasteiger partial charge on any atom is -0.313 e. The average Bonchev–Trinajstić information content (AvgIpc) is 2.46. The first-order chi connectivity index (χ1) is 9.63. The van der Waals surface area contributed by atoms with Crippen molar-refractivity contribution >= 4 is 0 Å². The molecule has 1 aromatic carbocycles. The number of hydrogen-bond donors (Lipinski definition) is 1. The first-order valence-electron chi connectivity index (χ1n) is 7.23. The molecule has 1 N–H and O–H groups in total. The van der Waals surface area contributed by atoms with Crippen LogP contribution >= 0.6 is 0 Å². The molecule has 2 aromatic rings. The van der Waals surface area contributed by atoms with Gasteiger partial charge in [0.15, 0.2) is 0 Å². The standard InChI is InChI=1S/C17H23N3/c1-5-12(2)14-6-8-15(9-7-14)16-10-13(3)19-17(20-16)11-18-4/h6-10,12,18H,5,11H2,1-4H3. The molecule has 0 saturated heterocycles. The summed E-state index contributed by atoms with van der Waals surface area (Å²) in [7, 11) is 1.91. The second-order valence-corrected chi connectivity index (χ2v) is 5.27. The fraction of sp³-hybridized carbons (Fsp3) is 0.412. The van der Waals surface area contributed by atoms with Crippen LogP contribution in [0.4, 0.5) is 0 Å². The number of hydrogen-bond acceptors (Lipinski definition) is 3. The zero-order chi connectivity index (χ0) is 14.5. The molecule has 0 aliphatic rings. The Morgan fingerprint density at radius 3 is 2.45 bits per heavy atom. The Kier molecular flexibility index (Phi) is 4.85. The molecular weight excluding hydrogens is 246 g/mol. The van der Waals surface area contributed by atoms with Crippen LogP contribution in [0.15, 0.2) is 30.3 Å². The van der Waals surface area contributed by atoms with Gasteiger partial charge in [-0.25, -0.2) is 9.97 Å². The Bertz CT molecular complexity index is 561. The maximum absolute atomic E-state index is 4.61. The molecule has 0 aliphatic carbocycles. The van der Waals surface area contributed by atoms with E-state index in [-0.39, 0.29) is 0 Å². The first kappa shape index (κ1) is 14.7. The lowest BCUT2D eigenvalue weighted by Crippen LogP contribution is -2.10. The summed E-state index contributed by atoms with van der Waals surface area (Å²) in [4.78, 5) is 9.05. The fourth-order valence-corrected chi connectivity index (χ4v) is 2.23. The van der Waals surface area contributed by atoms with Gasteiger partial charge in [-0.15, -0.1) is 0 Å². The summed E-state index contributed by atoms with van der Waals surface area (Å²) in [6, 6.07) is 10.8. The molecule has 1 atom stereocenters. The van der Waals surface area contributed by atoms with Crippen molar-refractivity contribution in [1.29, 1.82) is 0 Å². The second-order valence-electron chi connectivity index (χ2n) is 5.27. The molecule has 106 valence electrons. The zero-order valence-electron chi connectivity index (χ0n) is 12.8. The van der Waals surface area contributed by atoms with E-state index in [2.05, 4.69) is 53.4 Å². The third-order valence-corrected chi connectivity index (χ3v) is 3.62. The van der Waals surface area contributed by atoms with Crippen LogP contribution in [0, 0.1) is 6.92 Å². The van der Waals surface area contributed by atoms with Crippen molar-refractivity contribution in [1.82, 2.24) is 15.3 Å². The van der Waals surface area contributed by atoms with Crippen molar-refractivity contribution < 1.29 is 0 Å². The van der Waals surface area contributed by atoms with E-state index in [1.54, 1.807) is 0 Å². The third kappa shape index (κ3) is 3.42. The van der Waals surface area contributed by atoms with Gasteiger partial charge in [-0.05, 0) is 37.9 Å². The van der Waals surface area contributed by atoms with Crippen molar-refractivity contribution in [2.24, 2.45) is 0 Å². The Morgan fingerprint density at radius 1 is 1.15 bits per heavy atom. The summed E-state index contributed by atoms with van der Waals surface area (Å²) < 4.78 is 0. The fourth-order valence-electron chi connectivity index (χ4n) is 2.23. The molecule has 3 heteroatoms. The van der Waals surface area contributed by atoms with Gasteiger partial charge in [0.2, 0.25) is 0 Å². The summed E-state index contributed by atoms with van der Waals surface area (Å²) in [5.74, 6) is 1.45. The number of aromatic nitrogens is 2. The van der Waals surface area contributed by atoms with E-state index >= 15 is 0 Å². The number of rotatable bonds is 5. The number of aryl methyl sites for hydroxylation is 1. The van der Waals surface area contributed by atoms with Gasteiger partial charge in [0.1, 0.15) is 5.82 Å². The van der Waals surface area contributed by atoms with Crippen LogP contribution in [0.1, 0.15) is 43.3 Å². The number of nitrogens with one attached hydrogen (secondary N) is 1. The molecule has 0 aliphatic heterocycles. The van der Waals surface area contributed by atoms with Gasteiger partial charge in [0.05, 0.1) is 12.2 Å². The molecule has 1 aromatic heterocycles. The van der Waals surface area contributed by atoms with E-state index in [4.69, 9.17) is 0 Å². The summed E-state index contributed by atoms with van der Waals surface area (Å²) >= 11 is 0. The molecule has 0 spiro atoms. The minimum absolute atomic E-state index is 0.607. The monoisotopic (exact) mass is 269 g/mol. The molecule has 1 unspecified atom stereocenters. The van der Waals surface area contributed by atoms with Gasteiger partial charge in [-0.3, -0.25) is 0 Å². The third-order valence-electron chi connectivity index (χ3n) is 3.62. The molecule has 0 fully saturated rings. The molecule has 20 heavy (non-hydrogen) atoms. The van der Waals surface area contributed by atoms with Gasteiger partial charge >= 0.3 is 0 Å². The Labute approximate surface area is 121 Å². The van der Waals surface area contributed by atoms with Crippen molar-refractivity contribution in [3.05, 3.63) is 47.4 Å². The SMILES string of the molecule is CCC(C)c1ccc(-c2cc(C)nc(CNC)n2)cc1. The molecule has 1 heterocycles. The molecule has 3 nitrogen and oxygen atoms in total. The van der Waals surface area contributed by atoms with E-state index in [0.29, 0.717) is 12.5 Å². The highest BCUT2D eigenvalue weighted by molar-refractivity contribution is 5.59. The predicted molar refractivity (Wildman–Crippen MR) is 83.7 cm³/mol. The summed E-state index contributed by atoms with van der Waals surface area (Å²) in [5, 5.41) is 3.10. The van der Waals surface area contributed by atoms with Gasteiger partial charge in [-0.2, -0.15) is 0 Å². The smallest absolute Gasteiger partial charge is 0.143 e. The van der Waals surface area contributed by atoms with Crippen LogP contribution in [0.3, 0.4) is 0 Å². The highest BCUT2D eigenvalue weighted by atomic mass is 15.0. The highest BCUT2D eigenvalue weighted by Gasteiger charge is 2.06. The maximum Gasteiger partial charge on any atom is 0.143 e. The van der Waals surface area contributed by atoms with E-state index in [0.717, 1.165) is 29.2 Å². The van der Waals surface area contributed by atoms with Crippen LogP contribution in [0.5, 0.6) is 0 Å². The number of benzene rings is 1. The quantitative estimate of drug-likeness (QED) is 0.899. The molecule has 0 radical (unpaired) electrons. The molecule has 0 saturated carbocycles. The summed E-state index contributed by atoms with van der Waals surface area (Å²) in [6.07, 6.45) is 1.16. The van der Waals surface area contributed by atoms with Crippen molar-refractivity contribution in [2.75, 3.05) is 7.05 Å². The van der Waals surface area contributed by atoms with Gasteiger partial charge < -0.3 is 5.32 Å². The molecule has 0 amide bonds. The molecular formula is C17H23N3. The van der Waals surface area contributed by atoms with Crippen molar-refractivity contribution in [3.63, 3.8) is 0 Å². The van der Waals surface area contributed by atoms with Crippen molar-refractivity contribution in [3.8, 4) is 11.3 Å². The lowest BCUT2D eigenvalue weighted by molar-refractivity contribution is 0.733. The molecule has 0 bridgehead atoms. The van der Waals surface area contributed by atoms with E-state index in [9.17, 15) is 0 Å². The second kappa shape index (κ2) is 6.62.